The van der Waals surface area contributed by atoms with E-state index in [9.17, 15) is 4.79 Å². The Kier molecular flexibility index (Phi) is 5.19. The number of nitrogens with one attached hydrogen (secondary N) is 1. The Morgan fingerprint density at radius 1 is 1.21 bits per heavy atom. The van der Waals surface area contributed by atoms with E-state index in [-0.39, 0.29) is 5.56 Å². The molecule has 0 amide bonds. The summed E-state index contributed by atoms with van der Waals surface area (Å²) in [4.78, 5) is 14.6. The van der Waals surface area contributed by atoms with E-state index in [1.807, 2.05) is 24.3 Å². The summed E-state index contributed by atoms with van der Waals surface area (Å²) in [6, 6.07) is 8.19. The van der Waals surface area contributed by atoms with Gasteiger partial charge in [0.05, 0.1) is 5.39 Å². The van der Waals surface area contributed by atoms with Gasteiger partial charge in [-0.15, -0.1) is 0 Å². The summed E-state index contributed by atoms with van der Waals surface area (Å²) in [6.07, 6.45) is 6.68. The van der Waals surface area contributed by atoms with Gasteiger partial charge in [-0.1, -0.05) is 37.5 Å². The molecule has 1 aliphatic rings. The highest BCUT2D eigenvalue weighted by Crippen LogP contribution is 2.28. The molecule has 1 saturated carbocycles. The van der Waals surface area contributed by atoms with Gasteiger partial charge in [-0.25, -0.2) is 4.68 Å². The zero-order valence-corrected chi connectivity index (χ0v) is 15.0. The summed E-state index contributed by atoms with van der Waals surface area (Å²) >= 11 is 0. The maximum absolute atomic E-state index is 12.2. The fourth-order valence-corrected chi connectivity index (χ4v) is 3.92. The van der Waals surface area contributed by atoms with Crippen LogP contribution in [-0.4, -0.2) is 41.4 Å². The molecule has 3 rings (SSSR count). The molecule has 1 atom stereocenters. The van der Waals surface area contributed by atoms with Gasteiger partial charge in [0.1, 0.15) is 0 Å². The summed E-state index contributed by atoms with van der Waals surface area (Å²) in [7, 11) is 6.03. The van der Waals surface area contributed by atoms with Crippen molar-refractivity contribution in [3.8, 4) is 0 Å². The molecule has 1 aromatic heterocycles. The highest BCUT2D eigenvalue weighted by Gasteiger charge is 2.25. The van der Waals surface area contributed by atoms with Crippen molar-refractivity contribution in [3.63, 3.8) is 0 Å². The van der Waals surface area contributed by atoms with E-state index in [4.69, 9.17) is 0 Å². The van der Waals surface area contributed by atoms with Crippen LogP contribution in [0.25, 0.3) is 10.8 Å². The highest BCUT2D eigenvalue weighted by molar-refractivity contribution is 5.90. The average Bonchev–Trinajstić information content (AvgIpc) is 2.60. The molecule has 5 heteroatoms. The third-order valence-electron chi connectivity index (χ3n) is 5.29. The third kappa shape index (κ3) is 3.46. The van der Waals surface area contributed by atoms with E-state index in [1.165, 1.54) is 36.8 Å². The smallest absolute Gasteiger partial charge is 0.274 e. The molecule has 130 valence electrons. The Bertz CT molecular complexity index is 747. The Balaban J connectivity index is 1.83. The molecule has 24 heavy (non-hydrogen) atoms. The van der Waals surface area contributed by atoms with Crippen molar-refractivity contribution in [1.29, 1.82) is 0 Å². The van der Waals surface area contributed by atoms with Gasteiger partial charge in [0, 0.05) is 25.0 Å². The number of likely N-dealkylation sites (N-methyl/N-ethyl adjacent to an activating group) is 1. The predicted octanol–water partition coefficient (Wildman–Crippen LogP) is 2.86. The summed E-state index contributed by atoms with van der Waals surface area (Å²) in [5, 5.41) is 9.60. The second-order valence-corrected chi connectivity index (χ2v) is 7.13. The Labute approximate surface area is 143 Å². The maximum Gasteiger partial charge on any atom is 0.274 e. The van der Waals surface area contributed by atoms with Crippen LogP contribution in [-0.2, 0) is 7.05 Å². The van der Waals surface area contributed by atoms with E-state index in [0.717, 1.165) is 29.1 Å². The van der Waals surface area contributed by atoms with E-state index < -0.39 is 0 Å². The second-order valence-electron chi connectivity index (χ2n) is 7.13. The summed E-state index contributed by atoms with van der Waals surface area (Å²) in [5.74, 6) is 1.54. The van der Waals surface area contributed by atoms with E-state index in [2.05, 4.69) is 29.4 Å². The average molecular weight is 328 g/mol. The molecule has 1 N–H and O–H groups in total. The number of anilines is 1. The molecule has 1 aromatic carbocycles. The highest BCUT2D eigenvalue weighted by atomic mass is 16.1. The summed E-state index contributed by atoms with van der Waals surface area (Å²) in [6.45, 7) is 0.854. The Morgan fingerprint density at radius 2 is 1.88 bits per heavy atom. The first-order valence-electron chi connectivity index (χ1n) is 8.94. The summed E-state index contributed by atoms with van der Waals surface area (Å²) in [5.41, 5.74) is -0.0485. The van der Waals surface area contributed by atoms with Crippen LogP contribution in [0.4, 0.5) is 5.82 Å². The minimum atomic E-state index is -0.0485. The number of aryl methyl sites for hydroxylation is 1. The Morgan fingerprint density at radius 3 is 2.54 bits per heavy atom. The normalized spacial score (nSPS) is 17.3. The van der Waals surface area contributed by atoms with Crippen LogP contribution < -0.4 is 10.9 Å². The molecule has 2 aromatic rings. The molecule has 1 unspecified atom stereocenters. The zero-order valence-electron chi connectivity index (χ0n) is 15.0. The van der Waals surface area contributed by atoms with Gasteiger partial charge in [0.2, 0.25) is 0 Å². The number of aromatic nitrogens is 2. The standard InChI is InChI=1S/C19H28N4O/c1-22(2)17(14-9-5-4-6-10-14)13-20-18-15-11-7-8-12-16(15)19(24)23(3)21-18/h7-8,11-12,14,17H,4-6,9-10,13H2,1-3H3,(H,20,21). The van der Waals surface area contributed by atoms with Crippen molar-refractivity contribution in [3.05, 3.63) is 34.6 Å². The van der Waals surface area contributed by atoms with Gasteiger partial charge in [0.25, 0.3) is 5.56 Å². The molecule has 1 heterocycles. The van der Waals surface area contributed by atoms with Gasteiger partial charge in [0.15, 0.2) is 5.82 Å². The van der Waals surface area contributed by atoms with Crippen LogP contribution in [0.15, 0.2) is 29.1 Å². The molecule has 0 aliphatic heterocycles. The Hall–Kier alpha value is -1.88. The molecule has 1 aliphatic carbocycles. The fraction of sp³-hybridized carbons (Fsp3) is 0.579. The number of hydrogen-bond donors (Lipinski definition) is 1. The van der Waals surface area contributed by atoms with Crippen LogP contribution >= 0.6 is 0 Å². The molecule has 5 nitrogen and oxygen atoms in total. The molecule has 0 saturated heterocycles. The first kappa shape index (κ1) is 17.0. The van der Waals surface area contributed by atoms with Gasteiger partial charge in [-0.3, -0.25) is 4.79 Å². The molecule has 1 fully saturated rings. The van der Waals surface area contributed by atoms with Crippen molar-refractivity contribution in [2.24, 2.45) is 13.0 Å². The molecular weight excluding hydrogens is 300 g/mol. The minimum Gasteiger partial charge on any atom is -0.367 e. The number of fused-ring (bicyclic) bond motifs is 1. The van der Waals surface area contributed by atoms with Crippen molar-refractivity contribution in [1.82, 2.24) is 14.7 Å². The first-order chi connectivity index (χ1) is 11.6. The number of nitrogens with zero attached hydrogens (tertiary/aromatic N) is 3. The van der Waals surface area contributed by atoms with Crippen LogP contribution in [0.5, 0.6) is 0 Å². The number of benzene rings is 1. The van der Waals surface area contributed by atoms with Crippen molar-refractivity contribution < 1.29 is 0 Å². The van der Waals surface area contributed by atoms with Crippen molar-refractivity contribution in [2.75, 3.05) is 26.0 Å². The fourth-order valence-electron chi connectivity index (χ4n) is 3.92. The SMILES string of the molecule is CN(C)C(CNc1nn(C)c(=O)c2ccccc12)C1CCCCC1. The summed E-state index contributed by atoms with van der Waals surface area (Å²) < 4.78 is 1.43. The molecule has 0 spiro atoms. The lowest BCUT2D eigenvalue weighted by atomic mass is 9.83. The quantitative estimate of drug-likeness (QED) is 0.917. The van der Waals surface area contributed by atoms with E-state index >= 15 is 0 Å². The maximum atomic E-state index is 12.2. The third-order valence-corrected chi connectivity index (χ3v) is 5.29. The van der Waals surface area contributed by atoms with E-state index in [1.54, 1.807) is 7.05 Å². The van der Waals surface area contributed by atoms with Crippen LogP contribution in [0.1, 0.15) is 32.1 Å². The second kappa shape index (κ2) is 7.34. The lowest BCUT2D eigenvalue weighted by Gasteiger charge is -2.35. The lowest BCUT2D eigenvalue weighted by Crippen LogP contribution is -2.41. The largest absolute Gasteiger partial charge is 0.367 e. The topological polar surface area (TPSA) is 50.2 Å². The number of hydrogen-bond acceptors (Lipinski definition) is 4. The van der Waals surface area contributed by atoms with Crippen LogP contribution in [0, 0.1) is 5.92 Å². The lowest BCUT2D eigenvalue weighted by molar-refractivity contribution is 0.179. The van der Waals surface area contributed by atoms with Crippen molar-refractivity contribution >= 4 is 16.6 Å². The van der Waals surface area contributed by atoms with Gasteiger partial charge in [-0.2, -0.15) is 5.10 Å². The van der Waals surface area contributed by atoms with Gasteiger partial charge in [-0.05, 0) is 38.9 Å². The van der Waals surface area contributed by atoms with Crippen LogP contribution in [0.3, 0.4) is 0 Å². The van der Waals surface area contributed by atoms with E-state index in [0.29, 0.717) is 6.04 Å². The van der Waals surface area contributed by atoms with Crippen molar-refractivity contribution in [2.45, 2.75) is 38.1 Å². The molecule has 0 radical (unpaired) electrons. The minimum absolute atomic E-state index is 0.0485. The number of rotatable bonds is 5. The van der Waals surface area contributed by atoms with Gasteiger partial charge < -0.3 is 10.2 Å². The monoisotopic (exact) mass is 328 g/mol. The van der Waals surface area contributed by atoms with Gasteiger partial charge >= 0.3 is 0 Å². The zero-order chi connectivity index (χ0) is 17.1. The molecular formula is C19H28N4O. The molecule has 0 bridgehead atoms. The van der Waals surface area contributed by atoms with Crippen LogP contribution in [0.2, 0.25) is 0 Å². The predicted molar refractivity (Wildman–Crippen MR) is 99.5 cm³/mol. The first-order valence-corrected chi connectivity index (χ1v) is 8.94.